The predicted molar refractivity (Wildman–Crippen MR) is 59.7 cm³/mol. The van der Waals surface area contributed by atoms with Crippen molar-refractivity contribution in [3.05, 3.63) is 41.6 Å². The van der Waals surface area contributed by atoms with Gasteiger partial charge in [-0.3, -0.25) is 0 Å². The summed E-state index contributed by atoms with van der Waals surface area (Å²) in [7, 11) is 1.77. The van der Waals surface area contributed by atoms with Gasteiger partial charge in [0.15, 0.2) is 5.76 Å². The van der Waals surface area contributed by atoms with Crippen molar-refractivity contribution in [1.82, 2.24) is 10.5 Å². The molecule has 1 heterocycles. The molecule has 96 valence electrons. The summed E-state index contributed by atoms with van der Waals surface area (Å²) in [6, 6.07) is 6.48. The summed E-state index contributed by atoms with van der Waals surface area (Å²) < 4.78 is 42.2. The highest BCUT2D eigenvalue weighted by molar-refractivity contribution is 5.57. The number of hydrogen-bond acceptors (Lipinski definition) is 3. The average Bonchev–Trinajstić information content (AvgIpc) is 2.77. The summed E-state index contributed by atoms with van der Waals surface area (Å²) >= 11 is 0. The molecule has 6 heteroatoms. The van der Waals surface area contributed by atoms with Gasteiger partial charge >= 0.3 is 6.18 Å². The number of alkyl halides is 3. The van der Waals surface area contributed by atoms with E-state index in [-0.39, 0.29) is 0 Å². The number of hydrogen-bond donors (Lipinski definition) is 1. The highest BCUT2D eigenvalue weighted by Gasteiger charge is 2.30. The minimum absolute atomic E-state index is 0.453. The minimum atomic E-state index is -4.32. The van der Waals surface area contributed by atoms with Gasteiger partial charge in [0, 0.05) is 18.2 Å². The molecule has 2 aromatic rings. The zero-order valence-corrected chi connectivity index (χ0v) is 9.58. The van der Waals surface area contributed by atoms with Gasteiger partial charge in [0.2, 0.25) is 0 Å². The van der Waals surface area contributed by atoms with Crippen LogP contribution in [0.1, 0.15) is 11.3 Å². The van der Waals surface area contributed by atoms with E-state index in [9.17, 15) is 13.2 Å². The van der Waals surface area contributed by atoms with Gasteiger partial charge < -0.3 is 9.84 Å². The van der Waals surface area contributed by atoms with Crippen molar-refractivity contribution in [1.29, 1.82) is 0 Å². The van der Waals surface area contributed by atoms with Crippen LogP contribution in [0.5, 0.6) is 0 Å². The molecule has 0 fully saturated rings. The van der Waals surface area contributed by atoms with E-state index in [2.05, 4.69) is 10.5 Å². The first-order valence-electron chi connectivity index (χ1n) is 5.28. The smallest absolute Gasteiger partial charge is 0.356 e. The van der Waals surface area contributed by atoms with Gasteiger partial charge in [-0.15, -0.1) is 0 Å². The lowest BCUT2D eigenvalue weighted by atomic mass is 10.1. The molecule has 0 atom stereocenters. The highest BCUT2D eigenvalue weighted by Crippen LogP contribution is 2.31. The van der Waals surface area contributed by atoms with E-state index in [1.165, 1.54) is 12.1 Å². The van der Waals surface area contributed by atoms with Gasteiger partial charge in [-0.05, 0) is 19.2 Å². The molecule has 0 saturated carbocycles. The van der Waals surface area contributed by atoms with Crippen molar-refractivity contribution in [2.45, 2.75) is 12.7 Å². The minimum Gasteiger partial charge on any atom is -0.356 e. The average molecular weight is 256 g/mol. The van der Waals surface area contributed by atoms with E-state index < -0.39 is 11.7 Å². The van der Waals surface area contributed by atoms with Gasteiger partial charge in [-0.25, -0.2) is 0 Å². The van der Waals surface area contributed by atoms with Gasteiger partial charge in [0.05, 0.1) is 11.3 Å². The van der Waals surface area contributed by atoms with Gasteiger partial charge in [0.25, 0.3) is 0 Å². The van der Waals surface area contributed by atoms with Crippen LogP contribution >= 0.6 is 0 Å². The van der Waals surface area contributed by atoms with Crippen molar-refractivity contribution in [2.75, 3.05) is 7.05 Å². The van der Waals surface area contributed by atoms with Crippen molar-refractivity contribution in [3.63, 3.8) is 0 Å². The molecule has 0 spiro atoms. The van der Waals surface area contributed by atoms with Gasteiger partial charge in [-0.1, -0.05) is 17.3 Å². The quantitative estimate of drug-likeness (QED) is 0.917. The van der Waals surface area contributed by atoms with E-state index in [0.29, 0.717) is 23.6 Å². The Morgan fingerprint density at radius 1 is 1.22 bits per heavy atom. The first-order valence-corrected chi connectivity index (χ1v) is 5.28. The predicted octanol–water partition coefficient (Wildman–Crippen LogP) is 3.08. The molecule has 0 radical (unpaired) electrons. The molecule has 2 rings (SSSR count). The fourth-order valence-electron chi connectivity index (χ4n) is 1.54. The second-order valence-electron chi connectivity index (χ2n) is 3.79. The third-order valence-electron chi connectivity index (χ3n) is 2.41. The maximum atomic E-state index is 12.4. The number of nitrogens with zero attached hydrogens (tertiary/aromatic N) is 1. The van der Waals surface area contributed by atoms with Crippen LogP contribution in [0.3, 0.4) is 0 Å². The monoisotopic (exact) mass is 256 g/mol. The third kappa shape index (κ3) is 2.70. The standard InChI is InChI=1S/C12H11F3N2O/c1-16-7-10-6-11(18-17-10)8-2-4-9(5-3-8)12(13,14)15/h2-6,16H,7H2,1H3. The molecule has 0 unspecified atom stereocenters. The number of rotatable bonds is 3. The number of halogens is 3. The van der Waals surface area contributed by atoms with Crippen molar-refractivity contribution in [2.24, 2.45) is 0 Å². The molecule has 1 N–H and O–H groups in total. The second kappa shape index (κ2) is 4.81. The maximum absolute atomic E-state index is 12.4. The van der Waals surface area contributed by atoms with Crippen LogP contribution in [-0.2, 0) is 12.7 Å². The normalized spacial score (nSPS) is 11.8. The first kappa shape index (κ1) is 12.6. The fourth-order valence-corrected chi connectivity index (χ4v) is 1.54. The number of benzene rings is 1. The van der Waals surface area contributed by atoms with Crippen LogP contribution in [0.25, 0.3) is 11.3 Å². The molecule has 18 heavy (non-hydrogen) atoms. The Kier molecular flexibility index (Phi) is 3.38. The molecular formula is C12H11F3N2O. The van der Waals surface area contributed by atoms with Crippen LogP contribution in [0.15, 0.2) is 34.9 Å². The Balaban J connectivity index is 2.23. The Morgan fingerprint density at radius 3 is 2.44 bits per heavy atom. The largest absolute Gasteiger partial charge is 0.416 e. The van der Waals surface area contributed by atoms with Crippen molar-refractivity contribution >= 4 is 0 Å². The molecule has 1 aromatic carbocycles. The Morgan fingerprint density at radius 2 is 1.89 bits per heavy atom. The topological polar surface area (TPSA) is 38.1 Å². The molecule has 0 amide bonds. The van der Waals surface area contributed by atoms with Gasteiger partial charge in [-0.2, -0.15) is 13.2 Å². The summed E-state index contributed by atoms with van der Waals surface area (Å²) in [5.74, 6) is 0.453. The Bertz CT molecular complexity index is 517. The van der Waals surface area contributed by atoms with Crippen LogP contribution < -0.4 is 5.32 Å². The van der Waals surface area contributed by atoms with E-state index in [4.69, 9.17) is 4.52 Å². The first-order chi connectivity index (χ1) is 8.50. The zero-order chi connectivity index (χ0) is 13.2. The van der Waals surface area contributed by atoms with Gasteiger partial charge in [0.1, 0.15) is 0 Å². The summed E-state index contributed by atoms with van der Waals surface area (Å²) in [6.07, 6.45) is -4.32. The van der Waals surface area contributed by atoms with Crippen molar-refractivity contribution < 1.29 is 17.7 Å². The molecule has 0 aliphatic carbocycles. The lowest BCUT2D eigenvalue weighted by Gasteiger charge is -2.06. The lowest BCUT2D eigenvalue weighted by Crippen LogP contribution is -2.04. The van der Waals surface area contributed by atoms with Crippen LogP contribution in [0, 0.1) is 0 Å². The molecule has 3 nitrogen and oxygen atoms in total. The van der Waals surface area contributed by atoms with Crippen LogP contribution in [0.2, 0.25) is 0 Å². The maximum Gasteiger partial charge on any atom is 0.416 e. The third-order valence-corrected chi connectivity index (χ3v) is 2.41. The molecular weight excluding hydrogens is 245 g/mol. The summed E-state index contributed by atoms with van der Waals surface area (Å²) in [4.78, 5) is 0. The summed E-state index contributed by atoms with van der Waals surface area (Å²) in [5.41, 5.74) is 0.589. The molecule has 0 saturated heterocycles. The summed E-state index contributed by atoms with van der Waals surface area (Å²) in [6.45, 7) is 0.546. The van der Waals surface area contributed by atoms with E-state index in [1.807, 2.05) is 0 Å². The number of nitrogens with one attached hydrogen (secondary N) is 1. The molecule has 0 aliphatic rings. The SMILES string of the molecule is CNCc1cc(-c2ccc(C(F)(F)F)cc2)on1. The number of aromatic nitrogens is 1. The fraction of sp³-hybridized carbons (Fsp3) is 0.250. The zero-order valence-electron chi connectivity index (χ0n) is 9.58. The second-order valence-corrected chi connectivity index (χ2v) is 3.79. The van der Waals surface area contributed by atoms with Crippen molar-refractivity contribution in [3.8, 4) is 11.3 Å². The van der Waals surface area contributed by atoms with E-state index >= 15 is 0 Å². The Hall–Kier alpha value is -1.82. The molecule has 0 aliphatic heterocycles. The lowest BCUT2D eigenvalue weighted by molar-refractivity contribution is -0.137. The van der Waals surface area contributed by atoms with E-state index in [0.717, 1.165) is 12.1 Å². The Labute approximate surface area is 102 Å². The van der Waals surface area contributed by atoms with E-state index in [1.54, 1.807) is 13.1 Å². The van der Waals surface area contributed by atoms with Crippen LogP contribution in [0.4, 0.5) is 13.2 Å². The highest BCUT2D eigenvalue weighted by atomic mass is 19.4. The molecule has 0 bridgehead atoms. The van der Waals surface area contributed by atoms with Crippen LogP contribution in [-0.4, -0.2) is 12.2 Å². The summed E-state index contributed by atoms with van der Waals surface area (Å²) in [5, 5.41) is 6.70. The molecule has 1 aromatic heterocycles.